The van der Waals surface area contributed by atoms with Gasteiger partial charge in [0.2, 0.25) is 4.96 Å². The van der Waals surface area contributed by atoms with Gasteiger partial charge < -0.3 is 5.73 Å². The summed E-state index contributed by atoms with van der Waals surface area (Å²) in [7, 11) is 0. The van der Waals surface area contributed by atoms with Gasteiger partial charge in [-0.15, -0.1) is 11.8 Å². The molecule has 0 fully saturated rings. The molecule has 9 heteroatoms. The summed E-state index contributed by atoms with van der Waals surface area (Å²) in [5.74, 6) is 0.619. The van der Waals surface area contributed by atoms with Crippen molar-refractivity contribution in [2.24, 2.45) is 0 Å². The van der Waals surface area contributed by atoms with Gasteiger partial charge >= 0.3 is 0 Å². The van der Waals surface area contributed by atoms with Crippen LogP contribution in [0.1, 0.15) is 23.3 Å². The number of nitrogens with two attached hydrogens (primary N) is 1. The molecule has 0 aliphatic rings. The number of aromatic nitrogens is 4. The molecule has 2 N–H and O–H groups in total. The van der Waals surface area contributed by atoms with Gasteiger partial charge in [-0.3, -0.25) is 4.79 Å². The molecule has 0 aliphatic heterocycles. The van der Waals surface area contributed by atoms with Gasteiger partial charge in [-0.2, -0.15) is 9.61 Å². The van der Waals surface area contributed by atoms with Crippen molar-refractivity contribution in [2.45, 2.75) is 30.2 Å². The lowest BCUT2D eigenvalue weighted by Gasteiger charge is -1.99. The summed E-state index contributed by atoms with van der Waals surface area (Å²) in [6, 6.07) is 1.54. The van der Waals surface area contributed by atoms with E-state index < -0.39 is 0 Å². The Hall–Kier alpha value is -1.45. The second kappa shape index (κ2) is 5.74. The number of hydrogen-bond acceptors (Lipinski definition) is 8. The Balaban J connectivity index is 1.87. The van der Waals surface area contributed by atoms with E-state index in [0.717, 1.165) is 27.0 Å². The summed E-state index contributed by atoms with van der Waals surface area (Å²) in [6.07, 6.45) is 0.802. The lowest BCUT2D eigenvalue weighted by molar-refractivity contribution is 0.852. The number of nitrogen functional groups attached to an aromatic ring is 1. The van der Waals surface area contributed by atoms with Crippen LogP contribution in [0.2, 0.25) is 0 Å². The Morgan fingerprint density at radius 1 is 1.38 bits per heavy atom. The first-order chi connectivity index (χ1) is 10.1. The predicted octanol–water partition coefficient (Wildman–Crippen LogP) is 2.35. The monoisotopic (exact) mass is 339 g/mol. The number of thioether (sulfide) groups is 1. The minimum absolute atomic E-state index is 0.132. The SMILES string of the molecule is CCc1nn2c(=O)cc(CSc3sc(N)nc3C)nc2s1. The fraction of sp³-hybridized carbons (Fsp3) is 0.333. The second-order valence-corrected chi connectivity index (χ2v) is 7.66. The number of hydrogen-bond donors (Lipinski definition) is 1. The quantitative estimate of drug-likeness (QED) is 0.734. The zero-order valence-electron chi connectivity index (χ0n) is 11.5. The molecule has 3 rings (SSSR count). The van der Waals surface area contributed by atoms with Crippen LogP contribution < -0.4 is 11.3 Å². The smallest absolute Gasteiger partial charge is 0.275 e. The molecule has 0 bridgehead atoms. The Kier molecular flexibility index (Phi) is 3.96. The molecule has 0 saturated carbocycles. The van der Waals surface area contributed by atoms with E-state index in [1.807, 2.05) is 13.8 Å². The van der Waals surface area contributed by atoms with E-state index in [9.17, 15) is 4.79 Å². The van der Waals surface area contributed by atoms with E-state index >= 15 is 0 Å². The molecular weight excluding hydrogens is 326 g/mol. The minimum atomic E-state index is -0.132. The Bertz CT molecular complexity index is 850. The molecule has 3 aromatic rings. The molecule has 0 atom stereocenters. The van der Waals surface area contributed by atoms with Crippen molar-refractivity contribution >= 4 is 44.5 Å². The number of nitrogens with zero attached hydrogens (tertiary/aromatic N) is 4. The molecule has 0 aromatic carbocycles. The van der Waals surface area contributed by atoms with Crippen LogP contribution in [0.4, 0.5) is 5.13 Å². The fourth-order valence-corrected chi connectivity index (χ4v) is 4.56. The number of thiazole rings is 1. The zero-order chi connectivity index (χ0) is 15.0. The maximum absolute atomic E-state index is 12.0. The molecular formula is C12H13N5OS3. The molecule has 0 aliphatic carbocycles. The van der Waals surface area contributed by atoms with Crippen LogP contribution in [0.15, 0.2) is 15.1 Å². The van der Waals surface area contributed by atoms with Gasteiger partial charge in [-0.25, -0.2) is 9.97 Å². The third-order valence-electron chi connectivity index (χ3n) is 2.76. The first-order valence-electron chi connectivity index (χ1n) is 6.31. The van der Waals surface area contributed by atoms with Gasteiger partial charge in [0.15, 0.2) is 5.13 Å². The van der Waals surface area contributed by atoms with Crippen molar-refractivity contribution < 1.29 is 0 Å². The van der Waals surface area contributed by atoms with Crippen LogP contribution in [0, 0.1) is 6.92 Å². The lowest BCUT2D eigenvalue weighted by Crippen LogP contribution is -2.15. The largest absolute Gasteiger partial charge is 0.375 e. The summed E-state index contributed by atoms with van der Waals surface area (Å²) < 4.78 is 2.43. The number of fused-ring (bicyclic) bond motifs is 1. The first kappa shape index (κ1) is 14.5. The van der Waals surface area contributed by atoms with Crippen LogP contribution in [-0.2, 0) is 12.2 Å². The van der Waals surface area contributed by atoms with E-state index in [0.29, 0.717) is 15.8 Å². The van der Waals surface area contributed by atoms with Gasteiger partial charge in [-0.05, 0) is 13.3 Å². The highest BCUT2D eigenvalue weighted by Gasteiger charge is 2.10. The number of anilines is 1. The Morgan fingerprint density at radius 3 is 2.86 bits per heavy atom. The standard InChI is InChI=1S/C12H13N5OS3/c1-3-8-16-17-9(18)4-7(15-12(17)20-8)5-19-10-6(2)14-11(13)21-10/h4H,3,5H2,1-2H3,(H2,13,14). The van der Waals surface area contributed by atoms with Crippen LogP contribution in [0.25, 0.3) is 4.96 Å². The fourth-order valence-electron chi connectivity index (χ4n) is 1.79. The number of rotatable bonds is 4. The highest BCUT2D eigenvalue weighted by Crippen LogP contribution is 2.32. The Labute approximate surface area is 133 Å². The van der Waals surface area contributed by atoms with Crippen LogP contribution >= 0.6 is 34.4 Å². The summed E-state index contributed by atoms with van der Waals surface area (Å²) in [5, 5.41) is 5.71. The third-order valence-corrected chi connectivity index (χ3v) is 6.20. The lowest BCUT2D eigenvalue weighted by atomic mass is 10.4. The summed E-state index contributed by atoms with van der Waals surface area (Å²) in [6.45, 7) is 3.94. The van der Waals surface area contributed by atoms with E-state index in [2.05, 4.69) is 15.1 Å². The third kappa shape index (κ3) is 2.94. The van der Waals surface area contributed by atoms with Gasteiger partial charge in [-0.1, -0.05) is 29.6 Å². The Morgan fingerprint density at radius 2 is 2.19 bits per heavy atom. The van der Waals surface area contributed by atoms with E-state index in [-0.39, 0.29) is 5.56 Å². The zero-order valence-corrected chi connectivity index (χ0v) is 13.9. The van der Waals surface area contributed by atoms with E-state index in [1.54, 1.807) is 17.8 Å². The van der Waals surface area contributed by atoms with Gasteiger partial charge in [0, 0.05) is 11.8 Å². The second-order valence-electron chi connectivity index (χ2n) is 4.34. The maximum atomic E-state index is 12.0. The van der Waals surface area contributed by atoms with Crippen molar-refractivity contribution in [1.29, 1.82) is 0 Å². The van der Waals surface area contributed by atoms with Crippen molar-refractivity contribution in [3.63, 3.8) is 0 Å². The van der Waals surface area contributed by atoms with Crippen molar-refractivity contribution in [3.05, 3.63) is 32.8 Å². The molecule has 3 heterocycles. The highest BCUT2D eigenvalue weighted by atomic mass is 32.2. The van der Waals surface area contributed by atoms with Crippen LogP contribution in [0.5, 0.6) is 0 Å². The van der Waals surface area contributed by atoms with E-state index in [4.69, 9.17) is 5.73 Å². The molecule has 110 valence electrons. The molecule has 0 saturated heterocycles. The summed E-state index contributed by atoms with van der Waals surface area (Å²) in [5.41, 5.74) is 7.23. The molecule has 0 amide bonds. The van der Waals surface area contributed by atoms with Crippen molar-refractivity contribution in [3.8, 4) is 0 Å². The van der Waals surface area contributed by atoms with Crippen LogP contribution in [0.3, 0.4) is 0 Å². The average Bonchev–Trinajstić information content (AvgIpc) is 2.99. The topological polar surface area (TPSA) is 86.2 Å². The van der Waals surface area contributed by atoms with Gasteiger partial charge in [0.25, 0.3) is 5.56 Å². The molecule has 0 radical (unpaired) electrons. The maximum Gasteiger partial charge on any atom is 0.275 e. The van der Waals surface area contributed by atoms with Crippen LogP contribution in [-0.4, -0.2) is 19.6 Å². The minimum Gasteiger partial charge on any atom is -0.375 e. The van der Waals surface area contributed by atoms with Crippen molar-refractivity contribution in [2.75, 3.05) is 5.73 Å². The average molecular weight is 339 g/mol. The van der Waals surface area contributed by atoms with Gasteiger partial charge in [0.1, 0.15) is 5.01 Å². The molecule has 21 heavy (non-hydrogen) atoms. The molecule has 0 unspecified atom stereocenters. The molecule has 0 spiro atoms. The van der Waals surface area contributed by atoms with E-state index in [1.165, 1.54) is 27.2 Å². The van der Waals surface area contributed by atoms with Crippen molar-refractivity contribution in [1.82, 2.24) is 19.6 Å². The highest BCUT2D eigenvalue weighted by molar-refractivity contribution is 8.00. The van der Waals surface area contributed by atoms with Gasteiger partial charge in [0.05, 0.1) is 15.6 Å². The molecule has 6 nitrogen and oxygen atoms in total. The summed E-state index contributed by atoms with van der Waals surface area (Å²) >= 11 is 4.51. The normalized spacial score (nSPS) is 11.3. The predicted molar refractivity (Wildman–Crippen MR) is 87.3 cm³/mol. The number of aryl methyl sites for hydroxylation is 2. The summed E-state index contributed by atoms with van der Waals surface area (Å²) in [4.78, 5) is 21.4. The molecule has 3 aromatic heterocycles. The first-order valence-corrected chi connectivity index (χ1v) is 8.93.